The topological polar surface area (TPSA) is 34.1 Å². The van der Waals surface area contributed by atoms with Crippen molar-refractivity contribution in [1.29, 1.82) is 0 Å². The molecule has 0 aliphatic carbocycles. The molecule has 0 rings (SSSR count). The summed E-state index contributed by atoms with van der Waals surface area (Å²) in [5, 5.41) is 0. The smallest absolute Gasteiger partial charge is 0.179 e. The Morgan fingerprint density at radius 2 is 1.35 bits per heavy atom. The highest BCUT2D eigenvalue weighted by Gasteiger charge is 2.18. The maximum Gasteiger partial charge on any atom is 0.179 e. The molecule has 0 aliphatic heterocycles. The Bertz CT molecular complexity index is 357. The Labute approximate surface area is 105 Å². The summed E-state index contributed by atoms with van der Waals surface area (Å²) < 4.78 is 0. The van der Waals surface area contributed by atoms with Crippen molar-refractivity contribution in [3.8, 4) is 0 Å². The first-order valence-corrected chi connectivity index (χ1v) is 5.88. The van der Waals surface area contributed by atoms with Gasteiger partial charge in [0.15, 0.2) is 5.78 Å². The second kappa shape index (κ2) is 5.44. The molecule has 0 saturated heterocycles. The third kappa shape index (κ3) is 5.62. The number of rotatable bonds is 3. The maximum atomic E-state index is 11.8. The van der Waals surface area contributed by atoms with E-state index in [4.69, 9.17) is 0 Å². The van der Waals surface area contributed by atoms with Gasteiger partial charge < -0.3 is 0 Å². The Kier molecular flexibility index (Phi) is 5.06. The minimum Gasteiger partial charge on any atom is -0.298 e. The molecule has 0 aromatic rings. The quantitative estimate of drug-likeness (QED) is 0.553. The van der Waals surface area contributed by atoms with Crippen LogP contribution >= 0.6 is 0 Å². The monoisotopic (exact) mass is 236 g/mol. The molecule has 0 saturated carbocycles. The van der Waals surface area contributed by atoms with Gasteiger partial charge in [-0.05, 0) is 29.9 Å². The molecule has 0 fully saturated rings. The van der Waals surface area contributed by atoms with Gasteiger partial charge in [-0.2, -0.15) is 0 Å². The van der Waals surface area contributed by atoms with Crippen LogP contribution in [0.25, 0.3) is 0 Å². The van der Waals surface area contributed by atoms with Gasteiger partial charge >= 0.3 is 0 Å². The molecular formula is C15H24O2. The molecule has 0 aromatic carbocycles. The van der Waals surface area contributed by atoms with E-state index in [0.29, 0.717) is 5.57 Å². The van der Waals surface area contributed by atoms with Crippen molar-refractivity contribution in [3.05, 3.63) is 23.3 Å². The first-order chi connectivity index (χ1) is 7.48. The van der Waals surface area contributed by atoms with Crippen LogP contribution in [-0.2, 0) is 9.59 Å². The first kappa shape index (κ1) is 15.8. The van der Waals surface area contributed by atoms with E-state index in [2.05, 4.69) is 20.8 Å². The van der Waals surface area contributed by atoms with Crippen molar-refractivity contribution in [2.45, 2.75) is 48.5 Å². The summed E-state index contributed by atoms with van der Waals surface area (Å²) in [5.41, 5.74) is 1.23. The number of hydrogen-bond acceptors (Lipinski definition) is 2. The lowest BCUT2D eigenvalue weighted by atomic mass is 9.85. The number of ketones is 1. The molecule has 2 nitrogen and oxygen atoms in total. The van der Waals surface area contributed by atoms with Crippen LogP contribution in [0, 0.1) is 10.8 Å². The number of carbonyl (C=O) groups excluding carboxylic acids is 2. The second-order valence-electron chi connectivity index (χ2n) is 6.45. The van der Waals surface area contributed by atoms with Crippen LogP contribution < -0.4 is 0 Å². The molecule has 0 aliphatic rings. The molecule has 17 heavy (non-hydrogen) atoms. The lowest BCUT2D eigenvalue weighted by Gasteiger charge is -2.19. The highest BCUT2D eigenvalue weighted by Crippen LogP contribution is 2.26. The minimum absolute atomic E-state index is 0.0213. The molecule has 0 bridgehead atoms. The number of carbonyl (C=O) groups is 2. The van der Waals surface area contributed by atoms with Crippen molar-refractivity contribution in [2.24, 2.45) is 10.8 Å². The average molecular weight is 236 g/mol. The lowest BCUT2D eigenvalue weighted by Crippen LogP contribution is -2.13. The molecule has 0 atom stereocenters. The third-order valence-electron chi connectivity index (χ3n) is 2.83. The van der Waals surface area contributed by atoms with Gasteiger partial charge in [-0.15, -0.1) is 0 Å². The summed E-state index contributed by atoms with van der Waals surface area (Å²) in [7, 11) is 0. The van der Waals surface area contributed by atoms with E-state index < -0.39 is 0 Å². The zero-order valence-corrected chi connectivity index (χ0v) is 12.0. The molecule has 96 valence electrons. The van der Waals surface area contributed by atoms with Crippen molar-refractivity contribution >= 4 is 12.1 Å². The van der Waals surface area contributed by atoms with E-state index in [0.717, 1.165) is 11.9 Å². The Morgan fingerprint density at radius 3 is 1.65 bits per heavy atom. The zero-order valence-electron chi connectivity index (χ0n) is 12.0. The van der Waals surface area contributed by atoms with Crippen LogP contribution in [0.3, 0.4) is 0 Å². The number of hydrogen-bond donors (Lipinski definition) is 0. The normalized spacial score (nSPS) is 14.8. The molecule has 0 radical (unpaired) electrons. The van der Waals surface area contributed by atoms with E-state index in [1.165, 1.54) is 6.08 Å². The Hall–Kier alpha value is -1.18. The Morgan fingerprint density at radius 1 is 0.882 bits per heavy atom. The van der Waals surface area contributed by atoms with E-state index in [1.54, 1.807) is 6.08 Å². The van der Waals surface area contributed by atoms with Gasteiger partial charge in [0.2, 0.25) is 0 Å². The third-order valence-corrected chi connectivity index (χ3v) is 2.83. The fourth-order valence-electron chi connectivity index (χ4n) is 1.05. The fraction of sp³-hybridized carbons (Fsp3) is 0.600. The summed E-state index contributed by atoms with van der Waals surface area (Å²) >= 11 is 0. The molecule has 2 heteroatoms. The SMILES string of the molecule is C/C(=C\C(=O)/C=C(\C=O)C(C)(C)C)C(C)(C)C. The van der Waals surface area contributed by atoms with Gasteiger partial charge in [-0.1, -0.05) is 47.1 Å². The summed E-state index contributed by atoms with van der Waals surface area (Å²) in [6.45, 7) is 13.9. The number of allylic oxidation sites excluding steroid dienone is 4. The predicted molar refractivity (Wildman–Crippen MR) is 71.8 cm³/mol. The van der Waals surface area contributed by atoms with Crippen molar-refractivity contribution in [2.75, 3.05) is 0 Å². The number of aldehydes is 1. The van der Waals surface area contributed by atoms with Crippen molar-refractivity contribution in [3.63, 3.8) is 0 Å². The molecular weight excluding hydrogens is 212 g/mol. The average Bonchev–Trinajstić information content (AvgIpc) is 2.10. The van der Waals surface area contributed by atoms with E-state index in [-0.39, 0.29) is 16.6 Å². The van der Waals surface area contributed by atoms with Crippen molar-refractivity contribution in [1.82, 2.24) is 0 Å². The van der Waals surface area contributed by atoms with Gasteiger partial charge in [0.1, 0.15) is 6.29 Å². The Balaban J connectivity index is 5.11. The largest absolute Gasteiger partial charge is 0.298 e. The predicted octanol–water partition coefficient (Wildman–Crippen LogP) is 3.72. The van der Waals surface area contributed by atoms with Crippen LogP contribution in [0.2, 0.25) is 0 Å². The van der Waals surface area contributed by atoms with E-state index in [1.807, 2.05) is 27.7 Å². The fourth-order valence-corrected chi connectivity index (χ4v) is 1.05. The molecule has 0 amide bonds. The van der Waals surface area contributed by atoms with E-state index >= 15 is 0 Å². The molecule has 0 unspecified atom stereocenters. The molecule has 0 heterocycles. The highest BCUT2D eigenvalue weighted by molar-refractivity contribution is 6.03. The summed E-state index contributed by atoms with van der Waals surface area (Å²) in [4.78, 5) is 22.7. The van der Waals surface area contributed by atoms with Gasteiger partial charge in [-0.25, -0.2) is 0 Å². The van der Waals surface area contributed by atoms with Gasteiger partial charge in [-0.3, -0.25) is 9.59 Å². The molecule has 0 N–H and O–H groups in total. The van der Waals surface area contributed by atoms with Crippen LogP contribution in [-0.4, -0.2) is 12.1 Å². The minimum atomic E-state index is -0.291. The lowest BCUT2D eigenvalue weighted by molar-refractivity contribution is -0.111. The van der Waals surface area contributed by atoms with Gasteiger partial charge in [0.05, 0.1) is 0 Å². The first-order valence-electron chi connectivity index (χ1n) is 5.88. The van der Waals surface area contributed by atoms with Gasteiger partial charge in [0.25, 0.3) is 0 Å². The summed E-state index contributed by atoms with van der Waals surface area (Å²) in [6, 6.07) is 0. The summed E-state index contributed by atoms with van der Waals surface area (Å²) in [6.07, 6.45) is 3.80. The highest BCUT2D eigenvalue weighted by atomic mass is 16.1. The van der Waals surface area contributed by atoms with Crippen molar-refractivity contribution < 1.29 is 9.59 Å². The summed E-state index contributed by atoms with van der Waals surface area (Å²) in [5.74, 6) is -0.116. The van der Waals surface area contributed by atoms with E-state index in [9.17, 15) is 9.59 Å². The van der Waals surface area contributed by atoms with Crippen LogP contribution in [0.15, 0.2) is 23.3 Å². The molecule has 0 aromatic heterocycles. The van der Waals surface area contributed by atoms with Crippen LogP contribution in [0.4, 0.5) is 0 Å². The zero-order chi connectivity index (χ0) is 13.9. The molecule has 0 spiro atoms. The van der Waals surface area contributed by atoms with Crippen LogP contribution in [0.5, 0.6) is 0 Å². The van der Waals surface area contributed by atoms with Gasteiger partial charge in [0, 0.05) is 5.57 Å². The maximum absolute atomic E-state index is 11.8. The second-order valence-corrected chi connectivity index (χ2v) is 6.45. The van der Waals surface area contributed by atoms with Crippen LogP contribution in [0.1, 0.15) is 48.5 Å². The standard InChI is InChI=1S/C15H24O2/c1-11(14(2,3)4)8-13(17)9-12(10-16)15(5,6)7/h8-10H,1-7H3/b11-8+,12-9+.